The number of rotatable bonds is 6. The number of aromatic nitrogens is 2. The number of ketones is 1. The summed E-state index contributed by atoms with van der Waals surface area (Å²) < 4.78 is 14.7. The number of carbonyl (C=O) groups excluding carboxylic acids is 1. The third-order valence-electron chi connectivity index (χ3n) is 5.46. The van der Waals surface area contributed by atoms with E-state index in [1.165, 1.54) is 6.07 Å². The van der Waals surface area contributed by atoms with Gasteiger partial charge in [0, 0.05) is 12.1 Å². The van der Waals surface area contributed by atoms with Crippen LogP contribution in [0.5, 0.6) is 0 Å². The maximum Gasteiger partial charge on any atom is 0.251 e. The number of carbonyl (C=O) groups is 1. The average Bonchev–Trinajstić information content (AvgIpc) is 3.31. The predicted octanol–water partition coefficient (Wildman–Crippen LogP) is 3.83. The normalized spacial score (nSPS) is 16.6. The molecule has 1 aromatic heterocycles. The van der Waals surface area contributed by atoms with Crippen molar-refractivity contribution in [3.05, 3.63) is 63.1 Å². The topological polar surface area (TPSA) is 74.8 Å². The summed E-state index contributed by atoms with van der Waals surface area (Å²) in [6.07, 6.45) is 2.03. The molecule has 0 spiro atoms. The van der Waals surface area contributed by atoms with Crippen molar-refractivity contribution in [2.24, 2.45) is 5.41 Å². The second-order valence-electron chi connectivity index (χ2n) is 9.12. The maximum absolute atomic E-state index is 14.7. The molecule has 28 heavy (non-hydrogen) atoms. The fraction of sp³-hybridized carbons (Fsp3) is 0.500. The predicted molar refractivity (Wildman–Crippen MR) is 107 cm³/mol. The van der Waals surface area contributed by atoms with E-state index in [4.69, 9.17) is 0 Å². The van der Waals surface area contributed by atoms with E-state index < -0.39 is 0 Å². The summed E-state index contributed by atoms with van der Waals surface area (Å²) in [5.41, 5.74) is 1.07. The van der Waals surface area contributed by atoms with Crippen LogP contribution in [0.3, 0.4) is 0 Å². The summed E-state index contributed by atoms with van der Waals surface area (Å²) in [6.45, 7) is 9.85. The lowest BCUT2D eigenvalue weighted by Crippen LogP contribution is -2.36. The first kappa shape index (κ1) is 20.4. The Kier molecular flexibility index (Phi) is 5.28. The van der Waals surface area contributed by atoms with E-state index in [0.29, 0.717) is 5.82 Å². The summed E-state index contributed by atoms with van der Waals surface area (Å²) in [5.74, 6) is -0.0627. The molecule has 2 N–H and O–H groups in total. The lowest BCUT2D eigenvalue weighted by atomic mass is 9.81. The van der Waals surface area contributed by atoms with Crippen LogP contribution in [-0.2, 0) is 5.41 Å². The van der Waals surface area contributed by atoms with Gasteiger partial charge in [0.25, 0.3) is 5.56 Å². The molecule has 1 aliphatic rings. The first-order chi connectivity index (χ1) is 13.0. The van der Waals surface area contributed by atoms with Gasteiger partial charge in [0.15, 0.2) is 5.78 Å². The van der Waals surface area contributed by atoms with Crippen molar-refractivity contribution in [3.63, 3.8) is 0 Å². The van der Waals surface area contributed by atoms with Gasteiger partial charge in [-0.1, -0.05) is 39.8 Å². The van der Waals surface area contributed by atoms with Gasteiger partial charge >= 0.3 is 0 Å². The third kappa shape index (κ3) is 4.38. The average molecular weight is 385 g/mol. The van der Waals surface area contributed by atoms with Crippen LogP contribution >= 0.6 is 0 Å². The fourth-order valence-corrected chi connectivity index (χ4v) is 3.59. The highest BCUT2D eigenvalue weighted by Gasteiger charge is 2.41. The van der Waals surface area contributed by atoms with Gasteiger partial charge in [0.05, 0.1) is 6.54 Å². The molecule has 0 amide bonds. The van der Waals surface area contributed by atoms with Crippen molar-refractivity contribution < 1.29 is 9.18 Å². The number of aryl methyl sites for hydroxylation is 1. The van der Waals surface area contributed by atoms with Crippen molar-refractivity contribution in [2.75, 3.05) is 6.54 Å². The third-order valence-corrected chi connectivity index (χ3v) is 5.46. The minimum Gasteiger partial charge on any atom is -0.311 e. The van der Waals surface area contributed by atoms with Crippen LogP contribution in [0.1, 0.15) is 74.0 Å². The maximum atomic E-state index is 14.7. The van der Waals surface area contributed by atoms with E-state index in [2.05, 4.69) is 22.2 Å². The van der Waals surface area contributed by atoms with E-state index in [0.717, 1.165) is 24.0 Å². The number of hydrogen-bond acceptors (Lipinski definition) is 4. The zero-order valence-corrected chi connectivity index (χ0v) is 17.1. The first-order valence-electron chi connectivity index (χ1n) is 9.64. The van der Waals surface area contributed by atoms with Crippen molar-refractivity contribution in [1.82, 2.24) is 15.3 Å². The SMILES string of the molecule is Cc1nc(C(=O)CNC(c2ccc(C3(C)CC3)c(F)c2)C(C)(C)C)cc(=O)[nH]1. The quantitative estimate of drug-likeness (QED) is 0.741. The Hall–Kier alpha value is -2.34. The van der Waals surface area contributed by atoms with Crippen molar-refractivity contribution in [3.8, 4) is 0 Å². The van der Waals surface area contributed by atoms with Crippen LogP contribution in [0.2, 0.25) is 0 Å². The van der Waals surface area contributed by atoms with Crippen LogP contribution in [0.25, 0.3) is 0 Å². The summed E-state index contributed by atoms with van der Waals surface area (Å²) in [6, 6.07) is 6.39. The molecule has 1 aliphatic carbocycles. The van der Waals surface area contributed by atoms with E-state index in [-0.39, 0.29) is 46.3 Å². The molecule has 1 fully saturated rings. The highest BCUT2D eigenvalue weighted by atomic mass is 19.1. The van der Waals surface area contributed by atoms with Gasteiger partial charge in [-0.2, -0.15) is 0 Å². The van der Waals surface area contributed by atoms with Gasteiger partial charge in [-0.3, -0.25) is 9.59 Å². The Bertz CT molecular complexity index is 955. The molecule has 1 aromatic carbocycles. The van der Waals surface area contributed by atoms with Crippen LogP contribution in [0, 0.1) is 18.2 Å². The van der Waals surface area contributed by atoms with Crippen LogP contribution in [0.15, 0.2) is 29.1 Å². The van der Waals surface area contributed by atoms with Crippen molar-refractivity contribution in [1.29, 1.82) is 0 Å². The largest absolute Gasteiger partial charge is 0.311 e. The van der Waals surface area contributed by atoms with E-state index >= 15 is 0 Å². The van der Waals surface area contributed by atoms with Gasteiger partial charge in [-0.15, -0.1) is 0 Å². The smallest absolute Gasteiger partial charge is 0.251 e. The molecule has 0 saturated heterocycles. The first-order valence-corrected chi connectivity index (χ1v) is 9.64. The Morgan fingerprint density at radius 1 is 1.32 bits per heavy atom. The van der Waals surface area contributed by atoms with E-state index in [1.807, 2.05) is 32.9 Å². The number of hydrogen-bond donors (Lipinski definition) is 2. The number of Topliss-reactive ketones (excluding diaryl/α,β-unsaturated/α-hetero) is 1. The molecule has 2 aromatic rings. The molecule has 1 atom stereocenters. The summed E-state index contributed by atoms with van der Waals surface area (Å²) in [5, 5.41) is 3.25. The minimum absolute atomic E-state index is 0.0128. The summed E-state index contributed by atoms with van der Waals surface area (Å²) >= 11 is 0. The number of halogens is 1. The molecule has 1 heterocycles. The second-order valence-corrected chi connectivity index (χ2v) is 9.12. The standard InChI is InChI=1S/C22H28FN3O2/c1-13-25-17(11-19(28)26-13)18(27)12-24-20(21(2,3)4)14-6-7-15(16(23)10-14)22(5)8-9-22/h6-7,10-11,20,24H,8-9,12H2,1-5H3,(H,25,26,28). The molecular formula is C22H28FN3O2. The molecule has 1 unspecified atom stereocenters. The zero-order valence-electron chi connectivity index (χ0n) is 17.1. The van der Waals surface area contributed by atoms with Crippen molar-refractivity contribution >= 4 is 5.78 Å². The summed E-state index contributed by atoms with van der Waals surface area (Å²) in [4.78, 5) is 30.7. The number of aromatic amines is 1. The van der Waals surface area contributed by atoms with Gasteiger partial charge in [-0.25, -0.2) is 9.37 Å². The fourth-order valence-electron chi connectivity index (χ4n) is 3.59. The second kappa shape index (κ2) is 7.24. The highest BCUT2D eigenvalue weighted by molar-refractivity contribution is 5.95. The van der Waals surface area contributed by atoms with Gasteiger partial charge in [0.2, 0.25) is 0 Å². The molecule has 150 valence electrons. The lowest BCUT2D eigenvalue weighted by molar-refractivity contribution is 0.0973. The Balaban J connectivity index is 1.80. The molecule has 5 nitrogen and oxygen atoms in total. The molecule has 0 bridgehead atoms. The number of nitrogens with zero attached hydrogens (tertiary/aromatic N) is 1. The molecule has 0 aliphatic heterocycles. The monoisotopic (exact) mass is 385 g/mol. The number of benzene rings is 1. The van der Waals surface area contributed by atoms with Crippen LogP contribution < -0.4 is 10.9 Å². The van der Waals surface area contributed by atoms with Crippen LogP contribution in [0.4, 0.5) is 4.39 Å². The Morgan fingerprint density at radius 2 is 2.00 bits per heavy atom. The van der Waals surface area contributed by atoms with E-state index in [9.17, 15) is 14.0 Å². The molecule has 3 rings (SSSR count). The highest BCUT2D eigenvalue weighted by Crippen LogP contribution is 2.49. The number of nitrogens with one attached hydrogen (secondary N) is 2. The van der Waals surface area contributed by atoms with Crippen molar-refractivity contribution in [2.45, 2.75) is 58.9 Å². The van der Waals surface area contributed by atoms with E-state index in [1.54, 1.807) is 13.0 Å². The summed E-state index contributed by atoms with van der Waals surface area (Å²) in [7, 11) is 0. The Labute approximate surface area is 164 Å². The molecule has 6 heteroatoms. The number of H-pyrrole nitrogens is 1. The van der Waals surface area contributed by atoms with Gasteiger partial charge in [0.1, 0.15) is 17.3 Å². The molecule has 1 saturated carbocycles. The molecular weight excluding hydrogens is 357 g/mol. The molecule has 0 radical (unpaired) electrons. The zero-order chi connectivity index (χ0) is 20.7. The minimum atomic E-state index is -0.352. The van der Waals surface area contributed by atoms with Crippen LogP contribution in [-0.4, -0.2) is 22.3 Å². The lowest BCUT2D eigenvalue weighted by Gasteiger charge is -2.32. The van der Waals surface area contributed by atoms with Gasteiger partial charge in [-0.05, 0) is 47.8 Å². The van der Waals surface area contributed by atoms with Gasteiger partial charge < -0.3 is 10.3 Å². The Morgan fingerprint density at radius 3 is 2.54 bits per heavy atom.